The number of thioether (sulfide) groups is 1. The topological polar surface area (TPSA) is 53.1 Å². The molecule has 6 heteroatoms. The van der Waals surface area contributed by atoms with Gasteiger partial charge in [-0.25, -0.2) is 8.78 Å². The highest BCUT2D eigenvalue weighted by Gasteiger charge is 2.16. The number of nitrogen functional groups attached to an aromatic ring is 1. The Morgan fingerprint density at radius 2 is 2.18 bits per heavy atom. The Balaban J connectivity index is 3.18. The molecule has 0 unspecified atom stereocenters. The molecule has 94 valence electrons. The van der Waals surface area contributed by atoms with Crippen LogP contribution in [0, 0.1) is 5.41 Å². The lowest BCUT2D eigenvalue weighted by molar-refractivity contribution is 0.156. The first-order chi connectivity index (χ1) is 7.97. The van der Waals surface area contributed by atoms with E-state index in [9.17, 15) is 8.78 Å². The summed E-state index contributed by atoms with van der Waals surface area (Å²) in [5.74, 6) is -0.105. The van der Waals surface area contributed by atoms with Crippen molar-refractivity contribution < 1.29 is 8.78 Å². The molecule has 17 heavy (non-hydrogen) atoms. The molecular formula is C11H15F2N3S. The SMILES string of the molecule is CSc1cccc(N(C)CC(F)F)c1C(=N)N. The Morgan fingerprint density at radius 1 is 1.53 bits per heavy atom. The highest BCUT2D eigenvalue weighted by molar-refractivity contribution is 7.98. The molecule has 0 bridgehead atoms. The van der Waals surface area contributed by atoms with Gasteiger partial charge in [-0.2, -0.15) is 0 Å². The van der Waals surface area contributed by atoms with Gasteiger partial charge in [0.05, 0.1) is 12.1 Å². The van der Waals surface area contributed by atoms with Gasteiger partial charge in [-0.15, -0.1) is 11.8 Å². The fraction of sp³-hybridized carbons (Fsp3) is 0.364. The first kappa shape index (κ1) is 13.8. The van der Waals surface area contributed by atoms with Gasteiger partial charge in [-0.05, 0) is 18.4 Å². The number of nitrogens with zero attached hydrogens (tertiary/aromatic N) is 1. The average Bonchev–Trinajstić information content (AvgIpc) is 2.26. The summed E-state index contributed by atoms with van der Waals surface area (Å²) in [5.41, 5.74) is 6.59. The molecule has 0 aliphatic rings. The van der Waals surface area contributed by atoms with Crippen molar-refractivity contribution in [2.45, 2.75) is 11.3 Å². The monoisotopic (exact) mass is 259 g/mol. The molecule has 3 N–H and O–H groups in total. The van der Waals surface area contributed by atoms with Crippen molar-refractivity contribution in [1.29, 1.82) is 5.41 Å². The van der Waals surface area contributed by atoms with Gasteiger partial charge in [-0.1, -0.05) is 6.07 Å². The van der Waals surface area contributed by atoms with Crippen LogP contribution in [0.25, 0.3) is 0 Å². The van der Waals surface area contributed by atoms with Crippen LogP contribution < -0.4 is 10.6 Å². The van der Waals surface area contributed by atoms with E-state index in [1.165, 1.54) is 16.7 Å². The van der Waals surface area contributed by atoms with Gasteiger partial charge in [0.15, 0.2) is 0 Å². The highest BCUT2D eigenvalue weighted by atomic mass is 32.2. The van der Waals surface area contributed by atoms with Crippen LogP contribution in [0.15, 0.2) is 23.1 Å². The minimum absolute atomic E-state index is 0.105. The van der Waals surface area contributed by atoms with Crippen molar-refractivity contribution in [2.24, 2.45) is 5.73 Å². The van der Waals surface area contributed by atoms with Crippen LogP contribution in [0.1, 0.15) is 5.56 Å². The number of anilines is 1. The number of hydrogen-bond donors (Lipinski definition) is 2. The predicted molar refractivity (Wildman–Crippen MR) is 68.5 cm³/mol. The van der Waals surface area contributed by atoms with E-state index in [1.54, 1.807) is 19.2 Å². The highest BCUT2D eigenvalue weighted by Crippen LogP contribution is 2.29. The molecule has 0 aliphatic carbocycles. The number of benzene rings is 1. The Labute approximate surface area is 103 Å². The fourth-order valence-corrected chi connectivity index (χ4v) is 2.22. The first-order valence-electron chi connectivity index (χ1n) is 4.98. The number of rotatable bonds is 5. The van der Waals surface area contributed by atoms with Crippen molar-refractivity contribution >= 4 is 23.3 Å². The maximum atomic E-state index is 12.4. The Bertz CT molecular complexity index is 410. The third-order valence-corrected chi connectivity index (χ3v) is 3.10. The Hall–Kier alpha value is -1.30. The zero-order valence-electron chi connectivity index (χ0n) is 9.71. The molecule has 0 amide bonds. The normalized spacial score (nSPS) is 10.6. The minimum atomic E-state index is -2.42. The standard InChI is InChI=1S/C11H15F2N3S/c1-16(6-9(12)13)7-4-3-5-8(17-2)10(7)11(14)15/h3-5,9H,6H2,1-2H3,(H3,14,15). The van der Waals surface area contributed by atoms with E-state index in [-0.39, 0.29) is 12.4 Å². The molecule has 0 atom stereocenters. The van der Waals surface area contributed by atoms with Crippen LogP contribution in [0.2, 0.25) is 0 Å². The summed E-state index contributed by atoms with van der Waals surface area (Å²) in [4.78, 5) is 2.23. The molecule has 0 radical (unpaired) electrons. The lowest BCUT2D eigenvalue weighted by Crippen LogP contribution is -2.27. The van der Waals surface area contributed by atoms with Crippen molar-refractivity contribution in [2.75, 3.05) is 24.7 Å². The molecule has 1 aromatic carbocycles. The second-order valence-electron chi connectivity index (χ2n) is 3.54. The van der Waals surface area contributed by atoms with Gasteiger partial charge in [-0.3, -0.25) is 5.41 Å². The maximum absolute atomic E-state index is 12.4. The van der Waals surface area contributed by atoms with E-state index in [1.807, 2.05) is 12.3 Å². The summed E-state index contributed by atoms with van der Waals surface area (Å²) in [5, 5.41) is 7.55. The lowest BCUT2D eigenvalue weighted by atomic mass is 10.1. The lowest BCUT2D eigenvalue weighted by Gasteiger charge is -2.23. The maximum Gasteiger partial charge on any atom is 0.255 e. The molecule has 0 saturated carbocycles. The molecule has 0 heterocycles. The van der Waals surface area contributed by atoms with Gasteiger partial charge >= 0.3 is 0 Å². The van der Waals surface area contributed by atoms with Crippen molar-refractivity contribution in [3.8, 4) is 0 Å². The molecule has 0 spiro atoms. The van der Waals surface area contributed by atoms with Crippen LogP contribution in [0.4, 0.5) is 14.5 Å². The zero-order chi connectivity index (χ0) is 13.0. The summed E-state index contributed by atoms with van der Waals surface area (Å²) in [6.07, 6.45) is -0.559. The van der Waals surface area contributed by atoms with Gasteiger partial charge in [0.1, 0.15) is 5.84 Å². The molecule has 0 aliphatic heterocycles. The van der Waals surface area contributed by atoms with Crippen LogP contribution in [0.3, 0.4) is 0 Å². The van der Waals surface area contributed by atoms with E-state index >= 15 is 0 Å². The smallest absolute Gasteiger partial charge is 0.255 e. The summed E-state index contributed by atoms with van der Waals surface area (Å²) < 4.78 is 24.7. The van der Waals surface area contributed by atoms with Gasteiger partial charge in [0.25, 0.3) is 6.43 Å². The summed E-state index contributed by atoms with van der Waals surface area (Å²) in [6, 6.07) is 5.29. The Kier molecular flexibility index (Phi) is 4.74. The number of halogens is 2. The van der Waals surface area contributed by atoms with Crippen LogP contribution in [-0.2, 0) is 0 Å². The number of hydrogen-bond acceptors (Lipinski definition) is 3. The van der Waals surface area contributed by atoms with Crippen molar-refractivity contribution in [1.82, 2.24) is 0 Å². The third kappa shape index (κ3) is 3.33. The fourth-order valence-electron chi connectivity index (χ4n) is 1.58. The molecule has 0 saturated heterocycles. The summed E-state index contributed by atoms with van der Waals surface area (Å²) >= 11 is 1.44. The predicted octanol–water partition coefficient (Wildman–Crippen LogP) is 2.39. The van der Waals surface area contributed by atoms with E-state index in [4.69, 9.17) is 11.1 Å². The molecule has 1 rings (SSSR count). The van der Waals surface area contributed by atoms with Crippen LogP contribution >= 0.6 is 11.8 Å². The molecular weight excluding hydrogens is 244 g/mol. The Morgan fingerprint density at radius 3 is 2.65 bits per heavy atom. The molecule has 1 aromatic rings. The number of nitrogens with two attached hydrogens (primary N) is 1. The summed E-state index contributed by atoms with van der Waals surface area (Å²) in [6.45, 7) is -0.377. The second-order valence-corrected chi connectivity index (χ2v) is 4.39. The quantitative estimate of drug-likeness (QED) is 0.485. The van der Waals surface area contributed by atoms with Gasteiger partial charge < -0.3 is 10.6 Å². The number of alkyl halides is 2. The summed E-state index contributed by atoms with van der Waals surface area (Å²) in [7, 11) is 1.57. The number of nitrogens with one attached hydrogen (secondary N) is 1. The second kappa shape index (κ2) is 5.86. The first-order valence-corrected chi connectivity index (χ1v) is 6.20. The van der Waals surface area contributed by atoms with Gasteiger partial charge in [0, 0.05) is 17.6 Å². The van der Waals surface area contributed by atoms with Crippen LogP contribution in [0.5, 0.6) is 0 Å². The van der Waals surface area contributed by atoms with E-state index in [2.05, 4.69) is 0 Å². The van der Waals surface area contributed by atoms with Crippen molar-refractivity contribution in [3.63, 3.8) is 0 Å². The largest absolute Gasteiger partial charge is 0.384 e. The van der Waals surface area contributed by atoms with Crippen LogP contribution in [-0.4, -0.2) is 32.1 Å². The molecule has 3 nitrogen and oxygen atoms in total. The van der Waals surface area contributed by atoms with Gasteiger partial charge in [0.2, 0.25) is 0 Å². The molecule has 0 fully saturated rings. The minimum Gasteiger partial charge on any atom is -0.384 e. The zero-order valence-corrected chi connectivity index (χ0v) is 10.5. The van der Waals surface area contributed by atoms with Crippen molar-refractivity contribution in [3.05, 3.63) is 23.8 Å². The van der Waals surface area contributed by atoms with E-state index in [0.29, 0.717) is 11.3 Å². The van der Waals surface area contributed by atoms with E-state index in [0.717, 1.165) is 4.90 Å². The number of amidine groups is 1. The third-order valence-electron chi connectivity index (χ3n) is 2.32. The average molecular weight is 259 g/mol. The van der Waals surface area contributed by atoms with E-state index < -0.39 is 6.43 Å². The molecule has 0 aromatic heterocycles.